The lowest BCUT2D eigenvalue weighted by Crippen LogP contribution is -2.29. The maximum Gasteiger partial charge on any atom is 0.296 e. The Morgan fingerprint density at radius 3 is 2.49 bits per heavy atom. The third kappa shape index (κ3) is 4.91. The van der Waals surface area contributed by atoms with E-state index in [-0.39, 0.29) is 23.4 Å². The molecule has 3 aromatic rings. The number of nitrogens with zero attached hydrogens (tertiary/aromatic N) is 1. The van der Waals surface area contributed by atoms with Gasteiger partial charge in [0.2, 0.25) is 0 Å². The van der Waals surface area contributed by atoms with Crippen LogP contribution in [0.15, 0.2) is 70.9 Å². The summed E-state index contributed by atoms with van der Waals surface area (Å²) in [6.45, 7) is 4.73. The van der Waals surface area contributed by atoms with Crippen molar-refractivity contribution in [1.82, 2.24) is 4.90 Å². The van der Waals surface area contributed by atoms with Gasteiger partial charge in [-0.05, 0) is 67.4 Å². The Kier molecular flexibility index (Phi) is 7.19. The molecule has 1 aromatic heterocycles. The van der Waals surface area contributed by atoms with Gasteiger partial charge in [0.25, 0.3) is 11.7 Å². The number of Topliss-reactive ketones (excluding diaryl/α,β-unsaturated/α-hetero) is 1. The first-order valence-corrected chi connectivity index (χ1v) is 11.4. The summed E-state index contributed by atoms with van der Waals surface area (Å²) in [6.07, 6.45) is 2.29. The van der Waals surface area contributed by atoms with Gasteiger partial charge in [-0.15, -0.1) is 0 Å². The smallest absolute Gasteiger partial charge is 0.296 e. The van der Waals surface area contributed by atoms with Gasteiger partial charge in [0.1, 0.15) is 17.3 Å². The Morgan fingerprint density at radius 2 is 1.83 bits per heavy atom. The minimum atomic E-state index is -0.926. The fraction of sp³-hybridized carbons (Fsp3) is 0.259. The number of ketones is 1. The molecule has 0 radical (unpaired) electrons. The maximum atomic E-state index is 13.5. The molecule has 1 atom stereocenters. The SMILES string of the molecule is CCCOc1ccc(C2C(=C(O)c3ccc(F)cc3)C(=O)C(=O)N2Cc2ccco2)cc1OCC. The number of hydrogen-bond acceptors (Lipinski definition) is 6. The minimum Gasteiger partial charge on any atom is -0.507 e. The van der Waals surface area contributed by atoms with Gasteiger partial charge in [-0.25, -0.2) is 4.39 Å². The van der Waals surface area contributed by atoms with Gasteiger partial charge in [-0.2, -0.15) is 0 Å². The molecule has 1 fully saturated rings. The molecular weight excluding hydrogens is 453 g/mol. The van der Waals surface area contributed by atoms with E-state index in [1.807, 2.05) is 13.8 Å². The molecule has 0 bridgehead atoms. The second-order valence-corrected chi connectivity index (χ2v) is 8.00. The molecule has 1 aliphatic heterocycles. The molecule has 35 heavy (non-hydrogen) atoms. The zero-order valence-electron chi connectivity index (χ0n) is 19.5. The number of rotatable bonds is 9. The van der Waals surface area contributed by atoms with Crippen LogP contribution in [0.4, 0.5) is 4.39 Å². The highest BCUT2D eigenvalue weighted by Crippen LogP contribution is 2.42. The monoisotopic (exact) mass is 479 g/mol. The number of benzene rings is 2. The average molecular weight is 480 g/mol. The van der Waals surface area contributed by atoms with E-state index in [0.29, 0.717) is 36.0 Å². The van der Waals surface area contributed by atoms with Crippen LogP contribution < -0.4 is 9.47 Å². The number of ether oxygens (including phenoxy) is 2. The summed E-state index contributed by atoms with van der Waals surface area (Å²) in [5.74, 6) is -1.01. The predicted octanol–water partition coefficient (Wildman–Crippen LogP) is 5.23. The largest absolute Gasteiger partial charge is 0.507 e. The Balaban J connectivity index is 1.85. The second-order valence-electron chi connectivity index (χ2n) is 8.00. The highest BCUT2D eigenvalue weighted by molar-refractivity contribution is 6.46. The van der Waals surface area contributed by atoms with Gasteiger partial charge in [0.05, 0.1) is 37.6 Å². The molecule has 1 unspecified atom stereocenters. The zero-order valence-corrected chi connectivity index (χ0v) is 19.5. The van der Waals surface area contributed by atoms with Crippen molar-refractivity contribution in [2.75, 3.05) is 13.2 Å². The van der Waals surface area contributed by atoms with E-state index in [0.717, 1.165) is 6.42 Å². The molecular formula is C27H26FNO6. The van der Waals surface area contributed by atoms with Gasteiger partial charge in [0.15, 0.2) is 11.5 Å². The van der Waals surface area contributed by atoms with Crippen LogP contribution in [0.2, 0.25) is 0 Å². The molecule has 2 aromatic carbocycles. The van der Waals surface area contributed by atoms with Crippen molar-refractivity contribution in [3.05, 3.63) is 89.1 Å². The predicted molar refractivity (Wildman–Crippen MR) is 126 cm³/mol. The van der Waals surface area contributed by atoms with Crippen LogP contribution in [0.3, 0.4) is 0 Å². The molecule has 0 saturated carbocycles. The molecule has 2 heterocycles. The highest BCUT2D eigenvalue weighted by Gasteiger charge is 2.46. The third-order valence-corrected chi connectivity index (χ3v) is 5.61. The van der Waals surface area contributed by atoms with Crippen LogP contribution >= 0.6 is 0 Å². The van der Waals surface area contributed by atoms with E-state index in [1.54, 1.807) is 30.3 Å². The van der Waals surface area contributed by atoms with E-state index in [1.165, 1.54) is 35.4 Å². The standard InChI is InChI=1S/C27H26FNO6/c1-3-13-35-21-12-9-18(15-22(21)33-4-2)24-23(25(30)17-7-10-19(28)11-8-17)26(31)27(32)29(24)16-20-6-5-14-34-20/h5-12,14-15,24,30H,3-4,13,16H2,1-2H3. The van der Waals surface area contributed by atoms with Gasteiger partial charge < -0.3 is 23.9 Å². The van der Waals surface area contributed by atoms with Crippen LogP contribution in [0.1, 0.15) is 43.2 Å². The molecule has 182 valence electrons. The molecule has 0 spiro atoms. The lowest BCUT2D eigenvalue weighted by molar-refractivity contribution is -0.140. The fourth-order valence-corrected chi connectivity index (χ4v) is 4.02. The van der Waals surface area contributed by atoms with Crippen molar-refractivity contribution in [3.8, 4) is 11.5 Å². The number of furan rings is 1. The van der Waals surface area contributed by atoms with E-state index in [4.69, 9.17) is 13.9 Å². The van der Waals surface area contributed by atoms with Crippen LogP contribution in [0.25, 0.3) is 5.76 Å². The fourth-order valence-electron chi connectivity index (χ4n) is 4.02. The summed E-state index contributed by atoms with van der Waals surface area (Å²) >= 11 is 0. The first-order chi connectivity index (χ1) is 16.9. The average Bonchev–Trinajstić information content (AvgIpc) is 3.46. The molecule has 4 rings (SSSR count). The van der Waals surface area contributed by atoms with Crippen molar-refractivity contribution in [3.63, 3.8) is 0 Å². The minimum absolute atomic E-state index is 0.0144. The topological polar surface area (TPSA) is 89.2 Å². The maximum absolute atomic E-state index is 13.5. The lowest BCUT2D eigenvalue weighted by atomic mass is 9.95. The highest BCUT2D eigenvalue weighted by atomic mass is 19.1. The first-order valence-electron chi connectivity index (χ1n) is 11.4. The van der Waals surface area contributed by atoms with Crippen LogP contribution in [-0.2, 0) is 16.1 Å². The van der Waals surface area contributed by atoms with E-state index in [9.17, 15) is 19.1 Å². The van der Waals surface area contributed by atoms with Gasteiger partial charge >= 0.3 is 0 Å². The number of hydrogen-bond donors (Lipinski definition) is 1. The number of carbonyl (C=O) groups excluding carboxylic acids is 2. The summed E-state index contributed by atoms with van der Waals surface area (Å²) in [5, 5.41) is 11.1. The van der Waals surface area contributed by atoms with Gasteiger partial charge in [0, 0.05) is 5.56 Å². The van der Waals surface area contributed by atoms with Crippen molar-refractivity contribution in [1.29, 1.82) is 0 Å². The Morgan fingerprint density at radius 1 is 1.06 bits per heavy atom. The summed E-state index contributed by atoms with van der Waals surface area (Å²) in [7, 11) is 0. The molecule has 8 heteroatoms. The number of carbonyl (C=O) groups is 2. The van der Waals surface area contributed by atoms with Crippen molar-refractivity contribution < 1.29 is 33.0 Å². The second kappa shape index (κ2) is 10.5. The Hall–Kier alpha value is -4.07. The van der Waals surface area contributed by atoms with Crippen molar-refractivity contribution >= 4 is 17.4 Å². The van der Waals surface area contributed by atoms with E-state index >= 15 is 0 Å². The van der Waals surface area contributed by atoms with E-state index in [2.05, 4.69) is 0 Å². The van der Waals surface area contributed by atoms with Crippen LogP contribution in [0.5, 0.6) is 11.5 Å². The summed E-state index contributed by atoms with van der Waals surface area (Å²) in [5.41, 5.74) is 0.671. The molecule has 1 amide bonds. The third-order valence-electron chi connectivity index (χ3n) is 5.61. The van der Waals surface area contributed by atoms with Crippen LogP contribution in [0, 0.1) is 5.82 Å². The summed E-state index contributed by atoms with van der Waals surface area (Å²) in [4.78, 5) is 27.6. The van der Waals surface area contributed by atoms with Crippen molar-refractivity contribution in [2.45, 2.75) is 32.9 Å². The molecule has 1 N–H and O–H groups in total. The first kappa shape index (κ1) is 24.1. The van der Waals surface area contributed by atoms with Gasteiger partial charge in [-0.1, -0.05) is 13.0 Å². The Bertz CT molecular complexity index is 1230. The quantitative estimate of drug-likeness (QED) is 0.257. The number of likely N-dealkylation sites (tertiary alicyclic amines) is 1. The lowest BCUT2D eigenvalue weighted by Gasteiger charge is -2.25. The zero-order chi connectivity index (χ0) is 24.9. The van der Waals surface area contributed by atoms with Crippen LogP contribution in [-0.4, -0.2) is 34.9 Å². The number of amides is 1. The number of aliphatic hydroxyl groups is 1. The Labute approximate surface area is 202 Å². The van der Waals surface area contributed by atoms with Gasteiger partial charge in [-0.3, -0.25) is 9.59 Å². The number of aliphatic hydroxyl groups excluding tert-OH is 1. The summed E-state index contributed by atoms with van der Waals surface area (Å²) < 4.78 is 30.4. The number of halogens is 1. The van der Waals surface area contributed by atoms with Crippen molar-refractivity contribution in [2.24, 2.45) is 0 Å². The molecule has 1 saturated heterocycles. The summed E-state index contributed by atoms with van der Waals surface area (Å²) in [6, 6.07) is 12.7. The molecule has 0 aliphatic carbocycles. The molecule has 7 nitrogen and oxygen atoms in total. The normalized spacial score (nSPS) is 17.1. The van der Waals surface area contributed by atoms with E-state index < -0.39 is 23.5 Å². The molecule has 1 aliphatic rings.